The van der Waals surface area contributed by atoms with Crippen molar-refractivity contribution in [2.24, 2.45) is 0 Å². The van der Waals surface area contributed by atoms with Gasteiger partial charge in [0, 0.05) is 11.9 Å². The lowest BCUT2D eigenvalue weighted by atomic mass is 10.1. The van der Waals surface area contributed by atoms with Crippen LogP contribution < -0.4 is 5.32 Å². The molecule has 0 bridgehead atoms. The number of carbonyl (C=O) groups excluding carboxylic acids is 1. The highest BCUT2D eigenvalue weighted by atomic mass is 16.1. The summed E-state index contributed by atoms with van der Waals surface area (Å²) in [5.41, 5.74) is 2.64. The number of benzene rings is 2. The van der Waals surface area contributed by atoms with Crippen molar-refractivity contribution in [2.75, 3.05) is 0 Å². The summed E-state index contributed by atoms with van der Waals surface area (Å²) in [5, 5.41) is 12.7. The molecule has 0 radical (unpaired) electrons. The van der Waals surface area contributed by atoms with Gasteiger partial charge in [-0.3, -0.25) is 4.79 Å². The highest BCUT2D eigenvalue weighted by Gasteiger charge is 2.08. The van der Waals surface area contributed by atoms with Gasteiger partial charge in [0.2, 0.25) is 0 Å². The fraction of sp³-hybridized carbons (Fsp3) is 0.0556. The van der Waals surface area contributed by atoms with Crippen LogP contribution in [0.3, 0.4) is 0 Å². The van der Waals surface area contributed by atoms with Gasteiger partial charge in [0.25, 0.3) is 5.91 Å². The number of rotatable bonds is 3. The molecule has 1 aromatic heterocycles. The van der Waals surface area contributed by atoms with Gasteiger partial charge in [-0.1, -0.05) is 36.4 Å². The predicted molar refractivity (Wildman–Crippen MR) is 84.1 cm³/mol. The van der Waals surface area contributed by atoms with Crippen molar-refractivity contribution < 1.29 is 4.79 Å². The summed E-state index contributed by atoms with van der Waals surface area (Å²) in [6.07, 6.45) is 0. The van der Waals surface area contributed by atoms with E-state index in [-0.39, 0.29) is 5.91 Å². The third-order valence-electron chi connectivity index (χ3n) is 3.34. The molecule has 0 atom stereocenters. The monoisotopic (exact) mass is 287 g/mol. The molecule has 3 aromatic rings. The highest BCUT2D eigenvalue weighted by molar-refractivity contribution is 5.94. The van der Waals surface area contributed by atoms with E-state index in [2.05, 4.69) is 16.4 Å². The first-order valence-corrected chi connectivity index (χ1v) is 6.89. The minimum Gasteiger partial charge on any atom is -0.347 e. The van der Waals surface area contributed by atoms with Crippen molar-refractivity contribution in [3.8, 4) is 6.07 Å². The summed E-state index contributed by atoms with van der Waals surface area (Å²) in [6, 6.07) is 20.5. The highest BCUT2D eigenvalue weighted by Crippen LogP contribution is 2.12. The molecule has 22 heavy (non-hydrogen) atoms. The van der Waals surface area contributed by atoms with Crippen LogP contribution in [-0.4, -0.2) is 10.9 Å². The standard InChI is InChI=1S/C18H13N3O/c19-11-13-4-3-5-14(10-13)12-20-18(22)17-9-8-15-6-1-2-7-16(15)21-17/h1-10H,12H2,(H,20,22). The number of amides is 1. The lowest BCUT2D eigenvalue weighted by molar-refractivity contribution is 0.0946. The van der Waals surface area contributed by atoms with Crippen molar-refractivity contribution in [2.45, 2.75) is 6.54 Å². The molecule has 1 amide bonds. The molecule has 1 N–H and O–H groups in total. The molecule has 0 aliphatic heterocycles. The quantitative estimate of drug-likeness (QED) is 0.805. The summed E-state index contributed by atoms with van der Waals surface area (Å²) < 4.78 is 0. The van der Waals surface area contributed by atoms with Crippen molar-refractivity contribution in [3.05, 3.63) is 77.5 Å². The average molecular weight is 287 g/mol. The summed E-state index contributed by atoms with van der Waals surface area (Å²) in [7, 11) is 0. The first-order chi connectivity index (χ1) is 10.8. The summed E-state index contributed by atoms with van der Waals surface area (Å²) in [5.74, 6) is -0.229. The Morgan fingerprint density at radius 2 is 1.95 bits per heavy atom. The first-order valence-electron chi connectivity index (χ1n) is 6.89. The third-order valence-corrected chi connectivity index (χ3v) is 3.34. The molecule has 106 valence electrons. The molecule has 0 saturated carbocycles. The Balaban J connectivity index is 1.74. The minimum absolute atomic E-state index is 0.229. The number of nitriles is 1. The minimum atomic E-state index is -0.229. The number of hydrogen-bond donors (Lipinski definition) is 1. The van der Waals surface area contributed by atoms with E-state index in [4.69, 9.17) is 5.26 Å². The zero-order chi connectivity index (χ0) is 15.4. The van der Waals surface area contributed by atoms with Gasteiger partial charge in [0.15, 0.2) is 0 Å². The molecule has 0 unspecified atom stereocenters. The van der Waals surface area contributed by atoms with Crippen LogP contribution in [0.4, 0.5) is 0 Å². The molecule has 0 aliphatic carbocycles. The summed E-state index contributed by atoms with van der Waals surface area (Å²) >= 11 is 0. The van der Waals surface area contributed by atoms with Gasteiger partial charge in [0.1, 0.15) is 5.69 Å². The Morgan fingerprint density at radius 1 is 1.09 bits per heavy atom. The van der Waals surface area contributed by atoms with Crippen LogP contribution in [0.25, 0.3) is 10.9 Å². The lowest BCUT2D eigenvalue weighted by Gasteiger charge is -2.06. The lowest BCUT2D eigenvalue weighted by Crippen LogP contribution is -2.23. The second-order valence-electron chi connectivity index (χ2n) is 4.88. The van der Waals surface area contributed by atoms with Gasteiger partial charge in [-0.25, -0.2) is 4.98 Å². The van der Waals surface area contributed by atoms with Crippen molar-refractivity contribution in [1.82, 2.24) is 10.3 Å². The van der Waals surface area contributed by atoms with E-state index in [0.717, 1.165) is 16.5 Å². The third kappa shape index (κ3) is 2.94. The van der Waals surface area contributed by atoms with Gasteiger partial charge in [0.05, 0.1) is 17.1 Å². The number of aromatic nitrogens is 1. The van der Waals surface area contributed by atoms with Crippen LogP contribution in [0, 0.1) is 11.3 Å². The van der Waals surface area contributed by atoms with Crippen molar-refractivity contribution in [3.63, 3.8) is 0 Å². The smallest absolute Gasteiger partial charge is 0.270 e. The number of fused-ring (bicyclic) bond motifs is 1. The molecular weight excluding hydrogens is 274 g/mol. The number of para-hydroxylation sites is 1. The van der Waals surface area contributed by atoms with E-state index in [1.807, 2.05) is 36.4 Å². The largest absolute Gasteiger partial charge is 0.347 e. The van der Waals surface area contributed by atoms with E-state index >= 15 is 0 Å². The van der Waals surface area contributed by atoms with E-state index in [1.165, 1.54) is 0 Å². The number of carbonyl (C=O) groups is 1. The molecule has 1 heterocycles. The van der Waals surface area contributed by atoms with Gasteiger partial charge in [-0.15, -0.1) is 0 Å². The maximum atomic E-state index is 12.2. The molecule has 0 saturated heterocycles. The van der Waals surface area contributed by atoms with Gasteiger partial charge < -0.3 is 5.32 Å². The Morgan fingerprint density at radius 3 is 2.82 bits per heavy atom. The SMILES string of the molecule is N#Cc1cccc(CNC(=O)c2ccc3ccccc3n2)c1. The summed E-state index contributed by atoms with van der Waals surface area (Å²) in [6.45, 7) is 0.364. The van der Waals surface area contributed by atoms with Crippen LogP contribution >= 0.6 is 0 Å². The molecule has 2 aromatic carbocycles. The Kier molecular flexibility index (Phi) is 3.80. The number of hydrogen-bond acceptors (Lipinski definition) is 3. The fourth-order valence-corrected chi connectivity index (χ4v) is 2.22. The molecule has 0 aliphatic rings. The Hall–Kier alpha value is -3.19. The van der Waals surface area contributed by atoms with Crippen molar-refractivity contribution in [1.29, 1.82) is 5.26 Å². The van der Waals surface area contributed by atoms with Crippen LogP contribution in [0.1, 0.15) is 21.6 Å². The molecule has 0 spiro atoms. The molecular formula is C18H13N3O. The average Bonchev–Trinajstić information content (AvgIpc) is 2.59. The predicted octanol–water partition coefficient (Wildman–Crippen LogP) is 3.04. The van der Waals surface area contributed by atoms with Gasteiger partial charge in [-0.05, 0) is 29.8 Å². The Bertz CT molecular complexity index is 881. The number of nitrogens with one attached hydrogen (secondary N) is 1. The van der Waals surface area contributed by atoms with Crippen LogP contribution in [-0.2, 0) is 6.54 Å². The number of nitrogens with zero attached hydrogens (tertiary/aromatic N) is 2. The van der Waals surface area contributed by atoms with E-state index in [0.29, 0.717) is 17.8 Å². The van der Waals surface area contributed by atoms with E-state index in [9.17, 15) is 4.79 Å². The second kappa shape index (κ2) is 6.06. The van der Waals surface area contributed by atoms with Crippen LogP contribution in [0.2, 0.25) is 0 Å². The second-order valence-corrected chi connectivity index (χ2v) is 4.88. The fourth-order valence-electron chi connectivity index (χ4n) is 2.22. The number of pyridine rings is 1. The van der Waals surface area contributed by atoms with E-state index < -0.39 is 0 Å². The molecule has 4 nitrogen and oxygen atoms in total. The molecule has 3 rings (SSSR count). The maximum Gasteiger partial charge on any atom is 0.270 e. The Labute approximate surface area is 128 Å². The summed E-state index contributed by atoms with van der Waals surface area (Å²) in [4.78, 5) is 16.5. The van der Waals surface area contributed by atoms with Crippen molar-refractivity contribution >= 4 is 16.8 Å². The van der Waals surface area contributed by atoms with Gasteiger partial charge in [-0.2, -0.15) is 5.26 Å². The topological polar surface area (TPSA) is 65.8 Å². The molecule has 4 heteroatoms. The normalized spacial score (nSPS) is 10.1. The van der Waals surface area contributed by atoms with Crippen LogP contribution in [0.15, 0.2) is 60.7 Å². The van der Waals surface area contributed by atoms with Gasteiger partial charge >= 0.3 is 0 Å². The first kappa shape index (κ1) is 13.8. The van der Waals surface area contributed by atoms with E-state index in [1.54, 1.807) is 24.3 Å². The maximum absolute atomic E-state index is 12.2. The zero-order valence-corrected chi connectivity index (χ0v) is 11.8. The van der Waals surface area contributed by atoms with Crippen LogP contribution in [0.5, 0.6) is 0 Å². The zero-order valence-electron chi connectivity index (χ0n) is 11.8. The molecule has 0 fully saturated rings.